The van der Waals surface area contributed by atoms with Crippen molar-refractivity contribution in [2.75, 3.05) is 0 Å². The second kappa shape index (κ2) is 4.06. The number of hydrogen-bond acceptors (Lipinski definition) is 2. The fraction of sp³-hybridized carbons (Fsp3) is 0. The average Bonchev–Trinajstić information content (AvgIpc) is 2.99. The molecule has 0 N–H and O–H groups in total. The Morgan fingerprint density at radius 3 is 2.39 bits per heavy atom. The Hall–Kier alpha value is -1.41. The van der Waals surface area contributed by atoms with Gasteiger partial charge in [-0.1, -0.05) is 0 Å². The molecule has 3 heteroatoms. The average molecular weight is 314 g/mol. The van der Waals surface area contributed by atoms with Crippen molar-refractivity contribution >= 4 is 34.1 Å². The second-order valence-corrected chi connectivity index (χ2v) is 7.31. The molecular formula is C15H9NSSe. The van der Waals surface area contributed by atoms with Crippen LogP contribution in [0.15, 0.2) is 54.6 Å². The molecule has 1 heterocycles. The third kappa shape index (κ3) is 1.42. The van der Waals surface area contributed by atoms with E-state index in [1.54, 1.807) is 0 Å². The topological polar surface area (TPSA) is 12.9 Å². The van der Waals surface area contributed by atoms with E-state index in [4.69, 9.17) is 3.98 Å². The van der Waals surface area contributed by atoms with E-state index in [-0.39, 0.29) is 0 Å². The van der Waals surface area contributed by atoms with Crippen LogP contribution in [0.25, 0.3) is 32.5 Å². The molecule has 1 aliphatic heterocycles. The minimum absolute atomic E-state index is 0.318. The van der Waals surface area contributed by atoms with Crippen LogP contribution in [0.3, 0.4) is 0 Å². The first kappa shape index (κ1) is 10.5. The summed E-state index contributed by atoms with van der Waals surface area (Å²) in [5.74, 6) is 0. The summed E-state index contributed by atoms with van der Waals surface area (Å²) in [7, 11) is 1.91. The third-order valence-electron chi connectivity index (χ3n) is 3.21. The van der Waals surface area contributed by atoms with Crippen LogP contribution < -0.4 is 0 Å². The Balaban J connectivity index is 2.17. The quantitative estimate of drug-likeness (QED) is 0.482. The summed E-state index contributed by atoms with van der Waals surface area (Å²) in [4.78, 5) is 1.38. The van der Waals surface area contributed by atoms with Crippen molar-refractivity contribution in [3.05, 3.63) is 54.6 Å². The number of fused-ring (bicyclic) bond motifs is 3. The monoisotopic (exact) mass is 315 g/mol. The molecule has 0 bridgehead atoms. The van der Waals surface area contributed by atoms with Crippen molar-refractivity contribution in [1.29, 1.82) is 0 Å². The van der Waals surface area contributed by atoms with Crippen LogP contribution in [0.1, 0.15) is 0 Å². The first-order chi connectivity index (χ1) is 8.95. The van der Waals surface area contributed by atoms with E-state index < -0.39 is 0 Å². The van der Waals surface area contributed by atoms with Gasteiger partial charge in [0, 0.05) is 0 Å². The Morgan fingerprint density at radius 2 is 1.56 bits per heavy atom. The predicted octanol–water partition coefficient (Wildman–Crippen LogP) is 4.13. The van der Waals surface area contributed by atoms with Crippen molar-refractivity contribution in [3.63, 3.8) is 0 Å². The van der Waals surface area contributed by atoms with E-state index in [1.807, 2.05) is 9.72 Å². The fourth-order valence-corrected chi connectivity index (χ4v) is 5.88. The molecule has 0 saturated carbocycles. The van der Waals surface area contributed by atoms with Crippen LogP contribution in [0.4, 0.5) is 0 Å². The van der Waals surface area contributed by atoms with E-state index in [2.05, 4.69) is 54.6 Å². The third-order valence-corrected chi connectivity index (χ3v) is 6.29. The van der Waals surface area contributed by atoms with Gasteiger partial charge in [-0.05, 0) is 0 Å². The first-order valence-electron chi connectivity index (χ1n) is 5.77. The standard InChI is InChI=1S/C15H9NSSe/c1-2-6-10(7-3-1)13-11-8-4-5-9-12(11)14-15(13)17-18-16-14/h1-9H. The van der Waals surface area contributed by atoms with Gasteiger partial charge in [0.1, 0.15) is 0 Å². The maximum absolute atomic E-state index is 4.70. The van der Waals surface area contributed by atoms with Gasteiger partial charge in [0.2, 0.25) is 0 Å². The van der Waals surface area contributed by atoms with Gasteiger partial charge in [-0.3, -0.25) is 0 Å². The van der Waals surface area contributed by atoms with E-state index in [0.29, 0.717) is 13.6 Å². The van der Waals surface area contributed by atoms with Crippen LogP contribution in [-0.2, 0) is 0 Å². The molecule has 0 fully saturated rings. The molecule has 0 atom stereocenters. The van der Waals surface area contributed by atoms with Crippen molar-refractivity contribution in [2.45, 2.75) is 0 Å². The fourth-order valence-electron chi connectivity index (χ4n) is 2.43. The maximum atomic E-state index is 4.70. The summed E-state index contributed by atoms with van der Waals surface area (Å²) in [5, 5.41) is 2.64. The number of benzene rings is 2. The summed E-state index contributed by atoms with van der Waals surface area (Å²) in [6, 6.07) is 19.3. The van der Waals surface area contributed by atoms with Crippen molar-refractivity contribution < 1.29 is 0 Å². The molecule has 0 amide bonds. The summed E-state index contributed by atoms with van der Waals surface area (Å²) < 4.78 is 4.70. The van der Waals surface area contributed by atoms with Gasteiger partial charge in [0.15, 0.2) is 0 Å². The zero-order valence-electron chi connectivity index (χ0n) is 9.46. The Kier molecular flexibility index (Phi) is 2.37. The van der Waals surface area contributed by atoms with Crippen molar-refractivity contribution in [1.82, 2.24) is 3.98 Å². The zero-order chi connectivity index (χ0) is 11.9. The molecule has 0 unspecified atom stereocenters. The number of hydrogen-bond donors (Lipinski definition) is 0. The summed E-state index contributed by atoms with van der Waals surface area (Å²) in [5.41, 5.74) is 3.89. The molecular weight excluding hydrogens is 305 g/mol. The molecule has 86 valence electrons. The molecule has 1 nitrogen and oxygen atoms in total. The van der Waals surface area contributed by atoms with E-state index in [9.17, 15) is 0 Å². The Labute approximate surface area is 114 Å². The number of aromatic nitrogens is 1. The predicted molar refractivity (Wildman–Crippen MR) is 78.6 cm³/mol. The van der Waals surface area contributed by atoms with Crippen LogP contribution in [0, 0.1) is 0 Å². The van der Waals surface area contributed by atoms with E-state index >= 15 is 0 Å². The SMILES string of the molecule is c1ccc(-c2c3s[se]nc-3c3ccccc23)cc1. The van der Waals surface area contributed by atoms with Gasteiger partial charge in [-0.25, -0.2) is 0 Å². The van der Waals surface area contributed by atoms with Crippen molar-refractivity contribution in [3.8, 4) is 21.7 Å². The minimum atomic E-state index is 0.318. The molecule has 2 aliphatic rings. The van der Waals surface area contributed by atoms with Crippen LogP contribution in [-0.4, -0.2) is 17.6 Å². The first-order valence-corrected chi connectivity index (χ1v) is 9.37. The zero-order valence-corrected chi connectivity index (χ0v) is 12.0. The summed E-state index contributed by atoms with van der Waals surface area (Å²) in [6.45, 7) is 0. The van der Waals surface area contributed by atoms with Gasteiger partial charge >= 0.3 is 114 Å². The van der Waals surface area contributed by atoms with Crippen molar-refractivity contribution in [2.24, 2.45) is 0 Å². The van der Waals surface area contributed by atoms with Crippen LogP contribution in [0.2, 0.25) is 0 Å². The molecule has 2 aromatic carbocycles. The van der Waals surface area contributed by atoms with Crippen LogP contribution in [0.5, 0.6) is 0 Å². The van der Waals surface area contributed by atoms with Gasteiger partial charge in [0.05, 0.1) is 0 Å². The Bertz CT molecular complexity index is 785. The molecule has 0 aromatic heterocycles. The van der Waals surface area contributed by atoms with Gasteiger partial charge < -0.3 is 0 Å². The summed E-state index contributed by atoms with van der Waals surface area (Å²) in [6.07, 6.45) is 0. The molecule has 0 spiro atoms. The molecule has 0 saturated heterocycles. The molecule has 2 aromatic rings. The Morgan fingerprint density at radius 1 is 0.833 bits per heavy atom. The second-order valence-electron chi connectivity index (χ2n) is 4.21. The molecule has 1 aliphatic carbocycles. The van der Waals surface area contributed by atoms with E-state index in [0.717, 1.165) is 0 Å². The number of nitrogens with zero attached hydrogens (tertiary/aromatic N) is 1. The molecule has 4 rings (SSSR count). The van der Waals surface area contributed by atoms with E-state index in [1.165, 1.54) is 32.5 Å². The van der Waals surface area contributed by atoms with Gasteiger partial charge in [-0.15, -0.1) is 0 Å². The van der Waals surface area contributed by atoms with Crippen LogP contribution >= 0.6 is 9.72 Å². The van der Waals surface area contributed by atoms with Gasteiger partial charge in [-0.2, -0.15) is 0 Å². The number of rotatable bonds is 1. The molecule has 0 radical (unpaired) electrons. The normalized spacial score (nSPS) is 11.3. The molecule has 18 heavy (non-hydrogen) atoms. The summed E-state index contributed by atoms with van der Waals surface area (Å²) >= 11 is 0.318. The van der Waals surface area contributed by atoms with Gasteiger partial charge in [0.25, 0.3) is 0 Å².